The maximum atomic E-state index is 12.3. The molecular weight excluding hydrogens is 359 g/mol. The van der Waals surface area contributed by atoms with Crippen LogP contribution >= 0.6 is 23.2 Å². The summed E-state index contributed by atoms with van der Waals surface area (Å²) in [5, 5.41) is 6.98. The van der Waals surface area contributed by atoms with Crippen molar-refractivity contribution < 1.29 is 4.79 Å². The zero-order valence-corrected chi connectivity index (χ0v) is 14.6. The van der Waals surface area contributed by atoms with Gasteiger partial charge in [0.2, 0.25) is 0 Å². The number of pyridine rings is 2. The fourth-order valence-corrected chi connectivity index (χ4v) is 2.60. The molecule has 2 aromatic heterocycles. The minimum Gasteiger partial charge on any atom is -0.354 e. The highest BCUT2D eigenvalue weighted by Gasteiger charge is 2.09. The predicted molar refractivity (Wildman–Crippen MR) is 99.4 cm³/mol. The topological polar surface area (TPSA) is 66.9 Å². The molecule has 1 amide bonds. The van der Waals surface area contributed by atoms with Crippen molar-refractivity contribution >= 4 is 40.5 Å². The van der Waals surface area contributed by atoms with Crippen molar-refractivity contribution in [1.82, 2.24) is 15.3 Å². The van der Waals surface area contributed by atoms with Gasteiger partial charge in [0.25, 0.3) is 5.91 Å². The Bertz CT molecular complexity index is 887. The molecule has 0 fully saturated rings. The van der Waals surface area contributed by atoms with Crippen LogP contribution in [0.4, 0.5) is 11.4 Å². The third-order valence-corrected chi connectivity index (χ3v) is 3.91. The molecule has 0 aliphatic carbocycles. The number of anilines is 2. The molecule has 0 bridgehead atoms. The van der Waals surface area contributed by atoms with E-state index in [0.29, 0.717) is 33.7 Å². The lowest BCUT2D eigenvalue weighted by molar-refractivity contribution is 0.0945. The van der Waals surface area contributed by atoms with Crippen LogP contribution < -0.4 is 10.6 Å². The number of hydrogen-bond acceptors (Lipinski definition) is 4. The van der Waals surface area contributed by atoms with Crippen LogP contribution in [-0.2, 0) is 6.54 Å². The molecule has 0 aliphatic rings. The Balaban J connectivity index is 1.69. The molecule has 0 atom stereocenters. The van der Waals surface area contributed by atoms with Gasteiger partial charge in [0.05, 0.1) is 22.9 Å². The van der Waals surface area contributed by atoms with E-state index in [1.54, 1.807) is 42.7 Å². The molecule has 2 N–H and O–H groups in total. The zero-order valence-electron chi connectivity index (χ0n) is 13.0. The highest BCUT2D eigenvalue weighted by Crippen LogP contribution is 2.28. The number of nitrogens with one attached hydrogen (secondary N) is 2. The van der Waals surface area contributed by atoms with Gasteiger partial charge in [0, 0.05) is 23.1 Å². The van der Waals surface area contributed by atoms with E-state index >= 15 is 0 Å². The molecule has 0 saturated carbocycles. The Kier molecular flexibility index (Phi) is 5.48. The van der Waals surface area contributed by atoms with Gasteiger partial charge in [-0.2, -0.15) is 0 Å². The number of benzene rings is 1. The summed E-state index contributed by atoms with van der Waals surface area (Å²) < 4.78 is 0. The van der Waals surface area contributed by atoms with E-state index in [-0.39, 0.29) is 5.91 Å². The first kappa shape index (κ1) is 17.2. The van der Waals surface area contributed by atoms with Gasteiger partial charge in [-0.1, -0.05) is 29.3 Å². The van der Waals surface area contributed by atoms with E-state index in [9.17, 15) is 4.79 Å². The molecule has 3 rings (SSSR count). The summed E-state index contributed by atoms with van der Waals surface area (Å²) in [5.41, 5.74) is 2.46. The number of carbonyl (C=O) groups excluding carboxylic acids is 1. The third kappa shape index (κ3) is 4.68. The molecule has 0 spiro atoms. The number of hydrogen-bond donors (Lipinski definition) is 2. The second kappa shape index (κ2) is 7.96. The Morgan fingerprint density at radius 1 is 1.00 bits per heavy atom. The number of aromatic nitrogens is 2. The van der Waals surface area contributed by atoms with Crippen molar-refractivity contribution in [2.75, 3.05) is 5.32 Å². The van der Waals surface area contributed by atoms with Gasteiger partial charge < -0.3 is 10.6 Å². The molecule has 25 heavy (non-hydrogen) atoms. The summed E-state index contributed by atoms with van der Waals surface area (Å²) in [6, 6.07) is 14.1. The van der Waals surface area contributed by atoms with Gasteiger partial charge in [-0.05, 0) is 42.5 Å². The lowest BCUT2D eigenvalue weighted by atomic mass is 10.2. The Labute approximate surface area is 155 Å². The number of rotatable bonds is 5. The average Bonchev–Trinajstić information content (AvgIpc) is 2.63. The van der Waals surface area contributed by atoms with Crippen molar-refractivity contribution in [3.05, 3.63) is 82.4 Å². The van der Waals surface area contributed by atoms with Gasteiger partial charge in [0.1, 0.15) is 5.69 Å². The van der Waals surface area contributed by atoms with Gasteiger partial charge in [0.15, 0.2) is 0 Å². The number of amides is 1. The third-order valence-electron chi connectivity index (χ3n) is 3.36. The Hall–Kier alpha value is -2.63. The van der Waals surface area contributed by atoms with Crippen molar-refractivity contribution in [1.29, 1.82) is 0 Å². The molecule has 0 saturated heterocycles. The van der Waals surface area contributed by atoms with E-state index in [0.717, 1.165) is 5.69 Å². The molecule has 0 unspecified atom stereocenters. The molecule has 0 aliphatic heterocycles. The van der Waals surface area contributed by atoms with Crippen molar-refractivity contribution in [3.8, 4) is 0 Å². The van der Waals surface area contributed by atoms with Crippen LogP contribution in [0, 0.1) is 0 Å². The first-order valence-corrected chi connectivity index (χ1v) is 8.23. The summed E-state index contributed by atoms with van der Waals surface area (Å²) >= 11 is 12.0. The van der Waals surface area contributed by atoms with Crippen LogP contribution in [0.1, 0.15) is 16.2 Å². The largest absolute Gasteiger partial charge is 0.354 e. The van der Waals surface area contributed by atoms with E-state index in [1.807, 2.05) is 18.2 Å². The molecule has 1 aromatic carbocycles. The summed E-state index contributed by atoms with van der Waals surface area (Å²) in [7, 11) is 0. The SMILES string of the molecule is O=C(NCc1ccccn1)c1cc(Nc2ccc(Cl)cc2Cl)ccn1. The van der Waals surface area contributed by atoms with Crippen molar-refractivity contribution in [3.63, 3.8) is 0 Å². The highest BCUT2D eigenvalue weighted by atomic mass is 35.5. The van der Waals surface area contributed by atoms with Gasteiger partial charge in [-0.25, -0.2) is 0 Å². The first-order valence-electron chi connectivity index (χ1n) is 7.48. The van der Waals surface area contributed by atoms with Crippen molar-refractivity contribution in [2.24, 2.45) is 0 Å². The smallest absolute Gasteiger partial charge is 0.270 e. The van der Waals surface area contributed by atoms with Crippen LogP contribution in [0.3, 0.4) is 0 Å². The van der Waals surface area contributed by atoms with Gasteiger partial charge >= 0.3 is 0 Å². The van der Waals surface area contributed by atoms with Crippen LogP contribution in [0.15, 0.2) is 60.9 Å². The van der Waals surface area contributed by atoms with Gasteiger partial charge in [-0.3, -0.25) is 14.8 Å². The summed E-state index contributed by atoms with van der Waals surface area (Å²) in [6.45, 7) is 0.335. The number of carbonyl (C=O) groups is 1. The predicted octanol–water partition coefficient (Wildman–Crippen LogP) is 4.46. The standard InChI is InChI=1S/C18H14Cl2N4O/c19-12-4-5-16(15(20)9-12)24-13-6-8-22-17(10-13)18(25)23-11-14-3-1-2-7-21-14/h1-10H,11H2,(H,22,24)(H,23,25). The van der Waals surface area contributed by atoms with E-state index in [2.05, 4.69) is 20.6 Å². The highest BCUT2D eigenvalue weighted by molar-refractivity contribution is 6.36. The Morgan fingerprint density at radius 3 is 2.64 bits per heavy atom. The molecule has 2 heterocycles. The second-order valence-electron chi connectivity index (χ2n) is 5.18. The Morgan fingerprint density at radius 2 is 1.88 bits per heavy atom. The summed E-state index contributed by atoms with van der Waals surface area (Å²) in [4.78, 5) is 20.5. The fourth-order valence-electron chi connectivity index (χ4n) is 2.14. The lowest BCUT2D eigenvalue weighted by Crippen LogP contribution is -2.24. The van der Waals surface area contributed by atoms with E-state index < -0.39 is 0 Å². The van der Waals surface area contributed by atoms with Crippen LogP contribution in [0.25, 0.3) is 0 Å². The summed E-state index contributed by atoms with van der Waals surface area (Å²) in [5.74, 6) is -0.281. The van der Waals surface area contributed by atoms with Gasteiger partial charge in [-0.15, -0.1) is 0 Å². The molecule has 126 valence electrons. The number of halogens is 2. The molecule has 5 nitrogen and oxygen atoms in total. The zero-order chi connectivity index (χ0) is 17.6. The maximum Gasteiger partial charge on any atom is 0.270 e. The molecule has 7 heteroatoms. The normalized spacial score (nSPS) is 10.3. The lowest BCUT2D eigenvalue weighted by Gasteiger charge is -2.10. The molecule has 0 radical (unpaired) electrons. The number of nitrogens with zero attached hydrogens (tertiary/aromatic N) is 2. The molecular formula is C18H14Cl2N4O. The maximum absolute atomic E-state index is 12.3. The van der Waals surface area contributed by atoms with E-state index in [1.165, 1.54) is 0 Å². The van der Waals surface area contributed by atoms with Crippen molar-refractivity contribution in [2.45, 2.75) is 6.54 Å². The van der Waals surface area contributed by atoms with Crippen LogP contribution in [0.2, 0.25) is 10.0 Å². The molecule has 3 aromatic rings. The quantitative estimate of drug-likeness (QED) is 0.693. The monoisotopic (exact) mass is 372 g/mol. The first-order chi connectivity index (χ1) is 12.1. The van der Waals surface area contributed by atoms with E-state index in [4.69, 9.17) is 23.2 Å². The average molecular weight is 373 g/mol. The minimum absolute atomic E-state index is 0.281. The minimum atomic E-state index is -0.281. The summed E-state index contributed by atoms with van der Waals surface area (Å²) in [6.07, 6.45) is 3.24. The van der Waals surface area contributed by atoms with Crippen LogP contribution in [0.5, 0.6) is 0 Å². The van der Waals surface area contributed by atoms with Crippen LogP contribution in [-0.4, -0.2) is 15.9 Å². The second-order valence-corrected chi connectivity index (χ2v) is 6.03. The fraction of sp³-hybridized carbons (Fsp3) is 0.0556.